The summed E-state index contributed by atoms with van der Waals surface area (Å²) in [5.41, 5.74) is -0.770. The molecule has 0 spiro atoms. The van der Waals surface area contributed by atoms with Crippen LogP contribution >= 0.6 is 0 Å². The highest BCUT2D eigenvalue weighted by atomic mass is 19.1. The van der Waals surface area contributed by atoms with Crippen LogP contribution in [0.2, 0.25) is 0 Å². The van der Waals surface area contributed by atoms with E-state index in [1.165, 1.54) is 24.3 Å². The molecule has 0 bridgehead atoms. The molecule has 4 nitrogen and oxygen atoms in total. The Kier molecular flexibility index (Phi) is 5.19. The van der Waals surface area contributed by atoms with Gasteiger partial charge in [0.2, 0.25) is 0 Å². The number of halogens is 1. The first kappa shape index (κ1) is 16.2. The van der Waals surface area contributed by atoms with E-state index < -0.39 is 11.7 Å². The van der Waals surface area contributed by atoms with Gasteiger partial charge in [-0.25, -0.2) is 4.39 Å². The lowest BCUT2D eigenvalue weighted by Crippen LogP contribution is -2.48. The number of benzene rings is 1. The largest absolute Gasteiger partial charge is 0.491 e. The number of hydrogen-bond acceptors (Lipinski definition) is 4. The molecule has 0 radical (unpaired) electrons. The lowest BCUT2D eigenvalue weighted by molar-refractivity contribution is -0.0210. The number of likely N-dealkylation sites (tertiary alicyclic amines) is 1. The number of ether oxygens (including phenoxy) is 1. The summed E-state index contributed by atoms with van der Waals surface area (Å²) < 4.78 is 18.2. The summed E-state index contributed by atoms with van der Waals surface area (Å²) in [7, 11) is 0. The molecule has 1 aliphatic rings. The highest BCUT2D eigenvalue weighted by Crippen LogP contribution is 2.26. The Bertz CT molecular complexity index is 444. The Labute approximate surface area is 125 Å². The van der Waals surface area contributed by atoms with E-state index in [9.17, 15) is 14.6 Å². The van der Waals surface area contributed by atoms with Gasteiger partial charge >= 0.3 is 0 Å². The summed E-state index contributed by atoms with van der Waals surface area (Å²) in [5.74, 6) is 0.226. The second kappa shape index (κ2) is 6.73. The van der Waals surface area contributed by atoms with Crippen molar-refractivity contribution >= 4 is 0 Å². The molecular formula is C16H24FNO3. The Hall–Kier alpha value is -1.17. The molecule has 1 aliphatic heterocycles. The normalized spacial score (nSPS) is 21.5. The van der Waals surface area contributed by atoms with E-state index >= 15 is 0 Å². The van der Waals surface area contributed by atoms with E-state index in [2.05, 4.69) is 4.90 Å². The van der Waals surface area contributed by atoms with Gasteiger partial charge in [-0.2, -0.15) is 0 Å². The predicted octanol–water partition coefficient (Wildman–Crippen LogP) is 1.80. The topological polar surface area (TPSA) is 52.9 Å². The zero-order chi connectivity index (χ0) is 15.5. The van der Waals surface area contributed by atoms with Gasteiger partial charge in [-0.15, -0.1) is 0 Å². The van der Waals surface area contributed by atoms with Crippen LogP contribution in [0.1, 0.15) is 26.7 Å². The zero-order valence-corrected chi connectivity index (χ0v) is 12.6. The van der Waals surface area contributed by atoms with Crippen LogP contribution in [0.4, 0.5) is 4.39 Å². The van der Waals surface area contributed by atoms with Crippen LogP contribution in [-0.2, 0) is 0 Å². The SMILES string of the molecule is CC(C)(O)C1CCCN1CC(O)COc1ccc(F)cc1. The minimum Gasteiger partial charge on any atom is -0.491 e. The monoisotopic (exact) mass is 297 g/mol. The van der Waals surface area contributed by atoms with Gasteiger partial charge in [0.25, 0.3) is 0 Å². The van der Waals surface area contributed by atoms with E-state index in [4.69, 9.17) is 4.74 Å². The number of aliphatic hydroxyl groups is 2. The van der Waals surface area contributed by atoms with Crippen molar-refractivity contribution in [1.82, 2.24) is 4.90 Å². The average molecular weight is 297 g/mol. The molecule has 1 heterocycles. The third-order valence-corrected chi connectivity index (χ3v) is 3.88. The van der Waals surface area contributed by atoms with Crippen LogP contribution in [0, 0.1) is 5.82 Å². The molecule has 1 fully saturated rings. The molecule has 2 atom stereocenters. The van der Waals surface area contributed by atoms with Crippen LogP contribution in [0.25, 0.3) is 0 Å². The van der Waals surface area contributed by atoms with Crippen molar-refractivity contribution in [3.8, 4) is 5.75 Å². The van der Waals surface area contributed by atoms with Crippen molar-refractivity contribution < 1.29 is 19.3 Å². The molecule has 118 valence electrons. The van der Waals surface area contributed by atoms with E-state index in [1.807, 2.05) is 0 Å². The van der Waals surface area contributed by atoms with Crippen LogP contribution in [0.5, 0.6) is 5.75 Å². The number of rotatable bonds is 6. The summed E-state index contributed by atoms with van der Waals surface area (Å²) in [6.45, 7) is 5.10. The third kappa shape index (κ3) is 4.66. The fraction of sp³-hybridized carbons (Fsp3) is 0.625. The molecule has 2 N–H and O–H groups in total. The number of nitrogens with zero attached hydrogens (tertiary/aromatic N) is 1. The first-order valence-corrected chi connectivity index (χ1v) is 7.39. The molecule has 1 aromatic carbocycles. The molecule has 2 unspecified atom stereocenters. The average Bonchev–Trinajstić information content (AvgIpc) is 2.86. The van der Waals surface area contributed by atoms with E-state index in [0.717, 1.165) is 19.4 Å². The van der Waals surface area contributed by atoms with Crippen LogP contribution in [-0.4, -0.2) is 52.6 Å². The highest BCUT2D eigenvalue weighted by molar-refractivity contribution is 5.22. The van der Waals surface area contributed by atoms with Crippen molar-refractivity contribution in [1.29, 1.82) is 0 Å². The van der Waals surface area contributed by atoms with Gasteiger partial charge in [-0.3, -0.25) is 4.90 Å². The maximum atomic E-state index is 12.8. The molecule has 1 saturated heterocycles. The Balaban J connectivity index is 1.81. The first-order valence-electron chi connectivity index (χ1n) is 7.39. The lowest BCUT2D eigenvalue weighted by atomic mass is 9.96. The van der Waals surface area contributed by atoms with E-state index in [-0.39, 0.29) is 18.5 Å². The van der Waals surface area contributed by atoms with Gasteiger partial charge in [-0.05, 0) is 57.5 Å². The summed E-state index contributed by atoms with van der Waals surface area (Å²) in [6, 6.07) is 5.80. The molecule has 2 rings (SSSR count). The minimum atomic E-state index is -0.770. The molecule has 0 saturated carbocycles. The van der Waals surface area contributed by atoms with Crippen molar-refractivity contribution in [3.05, 3.63) is 30.1 Å². The Morgan fingerprint density at radius 1 is 1.38 bits per heavy atom. The molecule has 21 heavy (non-hydrogen) atoms. The van der Waals surface area contributed by atoms with Gasteiger partial charge in [0.15, 0.2) is 0 Å². The molecular weight excluding hydrogens is 273 g/mol. The van der Waals surface area contributed by atoms with Gasteiger partial charge in [-0.1, -0.05) is 0 Å². The third-order valence-electron chi connectivity index (χ3n) is 3.88. The summed E-state index contributed by atoms with van der Waals surface area (Å²) in [6.07, 6.45) is 1.33. The van der Waals surface area contributed by atoms with Gasteiger partial charge < -0.3 is 14.9 Å². The summed E-state index contributed by atoms with van der Waals surface area (Å²) >= 11 is 0. The van der Waals surface area contributed by atoms with Gasteiger partial charge in [0.1, 0.15) is 24.3 Å². The molecule has 0 amide bonds. The van der Waals surface area contributed by atoms with Crippen LogP contribution < -0.4 is 4.74 Å². The summed E-state index contributed by atoms with van der Waals surface area (Å²) in [4.78, 5) is 2.11. The smallest absolute Gasteiger partial charge is 0.123 e. The van der Waals surface area contributed by atoms with Crippen LogP contribution in [0.3, 0.4) is 0 Å². The van der Waals surface area contributed by atoms with Crippen LogP contribution in [0.15, 0.2) is 24.3 Å². The van der Waals surface area contributed by atoms with Crippen molar-refractivity contribution in [3.63, 3.8) is 0 Å². The zero-order valence-electron chi connectivity index (χ0n) is 12.6. The van der Waals surface area contributed by atoms with E-state index in [0.29, 0.717) is 12.3 Å². The quantitative estimate of drug-likeness (QED) is 0.841. The second-order valence-corrected chi connectivity index (χ2v) is 6.23. The fourth-order valence-corrected chi connectivity index (χ4v) is 2.89. The van der Waals surface area contributed by atoms with Crippen molar-refractivity contribution in [2.24, 2.45) is 0 Å². The van der Waals surface area contributed by atoms with Crippen molar-refractivity contribution in [2.45, 2.75) is 44.4 Å². The molecule has 1 aromatic rings. The summed E-state index contributed by atoms with van der Waals surface area (Å²) in [5, 5.41) is 20.2. The maximum Gasteiger partial charge on any atom is 0.123 e. The molecule has 0 aromatic heterocycles. The first-order chi connectivity index (χ1) is 9.86. The number of β-amino-alcohol motifs (C(OH)–C–C–N with tert-alkyl or cyclic N) is 1. The van der Waals surface area contributed by atoms with E-state index in [1.54, 1.807) is 13.8 Å². The highest BCUT2D eigenvalue weighted by Gasteiger charge is 2.36. The Morgan fingerprint density at radius 3 is 2.67 bits per heavy atom. The number of hydrogen-bond donors (Lipinski definition) is 2. The second-order valence-electron chi connectivity index (χ2n) is 6.23. The van der Waals surface area contributed by atoms with Crippen molar-refractivity contribution in [2.75, 3.05) is 19.7 Å². The fourth-order valence-electron chi connectivity index (χ4n) is 2.89. The standard InChI is InChI=1S/C16H24FNO3/c1-16(2,20)15-4-3-9-18(15)10-13(19)11-21-14-7-5-12(17)6-8-14/h5-8,13,15,19-20H,3-4,9-11H2,1-2H3. The molecule has 0 aliphatic carbocycles. The molecule has 5 heteroatoms. The van der Waals surface area contributed by atoms with Gasteiger partial charge in [0, 0.05) is 12.6 Å². The lowest BCUT2D eigenvalue weighted by Gasteiger charge is -2.34. The number of aliphatic hydroxyl groups excluding tert-OH is 1. The maximum absolute atomic E-state index is 12.8. The van der Waals surface area contributed by atoms with Gasteiger partial charge in [0.05, 0.1) is 5.60 Å². The Morgan fingerprint density at radius 2 is 2.05 bits per heavy atom. The predicted molar refractivity (Wildman–Crippen MR) is 78.8 cm³/mol. The minimum absolute atomic E-state index is 0.0676.